The lowest BCUT2D eigenvalue weighted by Gasteiger charge is -2.26. The highest BCUT2D eigenvalue weighted by Crippen LogP contribution is 2.14. The first-order valence-corrected chi connectivity index (χ1v) is 9.66. The average Bonchev–Trinajstić information content (AvgIpc) is 2.69. The lowest BCUT2D eigenvalue weighted by molar-refractivity contribution is 0.0303. The Morgan fingerprint density at radius 2 is 1.85 bits per heavy atom. The molecule has 0 spiro atoms. The summed E-state index contributed by atoms with van der Waals surface area (Å²) in [6, 6.07) is 6.84. The number of rotatable bonds is 8. The summed E-state index contributed by atoms with van der Waals surface area (Å²) < 4.78 is 5.27. The van der Waals surface area contributed by atoms with Crippen LogP contribution in [0, 0.1) is 5.92 Å². The number of carbonyl (C=O) groups is 2. The molecule has 0 radical (unpaired) electrons. The smallest absolute Gasteiger partial charge is 0.319 e. The highest BCUT2D eigenvalue weighted by Gasteiger charge is 2.18. The van der Waals surface area contributed by atoms with Gasteiger partial charge in [0.2, 0.25) is 0 Å². The van der Waals surface area contributed by atoms with Crippen LogP contribution >= 0.6 is 0 Å². The Bertz CT molecular complexity index is 568. The predicted octanol–water partition coefficient (Wildman–Crippen LogP) is 3.50. The van der Waals surface area contributed by atoms with Crippen LogP contribution < -0.4 is 10.6 Å². The van der Waals surface area contributed by atoms with Crippen LogP contribution in [-0.4, -0.2) is 49.7 Å². The molecule has 2 rings (SSSR count). The Kier molecular flexibility index (Phi) is 8.41. The van der Waals surface area contributed by atoms with Gasteiger partial charge in [-0.1, -0.05) is 33.1 Å². The normalized spacial score (nSPS) is 15.4. The number of nitrogens with one attached hydrogen (secondary N) is 2. The molecule has 0 aliphatic carbocycles. The minimum atomic E-state index is -0.202. The van der Waals surface area contributed by atoms with E-state index in [2.05, 4.69) is 24.5 Å². The second-order valence-corrected chi connectivity index (χ2v) is 6.73. The Morgan fingerprint density at radius 3 is 2.46 bits per heavy atom. The first-order chi connectivity index (χ1) is 12.6. The van der Waals surface area contributed by atoms with Gasteiger partial charge in [-0.05, 0) is 36.6 Å². The van der Waals surface area contributed by atoms with Gasteiger partial charge in [-0.2, -0.15) is 0 Å². The summed E-state index contributed by atoms with van der Waals surface area (Å²) in [5.41, 5.74) is 1.31. The van der Waals surface area contributed by atoms with Crippen LogP contribution in [0.3, 0.4) is 0 Å². The molecule has 1 aliphatic heterocycles. The molecule has 1 heterocycles. The van der Waals surface area contributed by atoms with E-state index >= 15 is 0 Å². The van der Waals surface area contributed by atoms with Gasteiger partial charge in [0.1, 0.15) is 0 Å². The lowest BCUT2D eigenvalue weighted by Crippen LogP contribution is -2.40. The van der Waals surface area contributed by atoms with E-state index in [9.17, 15) is 9.59 Å². The molecule has 0 bridgehead atoms. The van der Waals surface area contributed by atoms with Gasteiger partial charge in [0.15, 0.2) is 0 Å². The van der Waals surface area contributed by atoms with Crippen molar-refractivity contribution in [3.05, 3.63) is 29.8 Å². The van der Waals surface area contributed by atoms with Crippen molar-refractivity contribution in [1.82, 2.24) is 10.2 Å². The maximum atomic E-state index is 12.4. The van der Waals surface area contributed by atoms with Crippen LogP contribution in [0.25, 0.3) is 0 Å². The zero-order chi connectivity index (χ0) is 18.8. The molecule has 1 aromatic carbocycles. The Balaban J connectivity index is 1.80. The minimum absolute atomic E-state index is 0.00557. The number of morpholine rings is 1. The Morgan fingerprint density at radius 1 is 1.15 bits per heavy atom. The van der Waals surface area contributed by atoms with Crippen molar-refractivity contribution in [3.63, 3.8) is 0 Å². The molecule has 1 saturated heterocycles. The summed E-state index contributed by atoms with van der Waals surface area (Å²) in [6.07, 6.45) is 4.59. The zero-order valence-corrected chi connectivity index (χ0v) is 15.9. The van der Waals surface area contributed by atoms with Crippen LogP contribution in [-0.2, 0) is 4.74 Å². The highest BCUT2D eigenvalue weighted by atomic mass is 16.5. The van der Waals surface area contributed by atoms with Gasteiger partial charge >= 0.3 is 6.03 Å². The van der Waals surface area contributed by atoms with Gasteiger partial charge < -0.3 is 20.3 Å². The third-order valence-corrected chi connectivity index (χ3v) is 4.78. The maximum Gasteiger partial charge on any atom is 0.319 e. The van der Waals surface area contributed by atoms with Crippen LogP contribution in [0.15, 0.2) is 24.3 Å². The number of amides is 3. The number of anilines is 1. The van der Waals surface area contributed by atoms with E-state index in [1.54, 1.807) is 29.2 Å². The molecule has 3 amide bonds. The van der Waals surface area contributed by atoms with Crippen LogP contribution in [0.2, 0.25) is 0 Å². The maximum absolute atomic E-state index is 12.4. The van der Waals surface area contributed by atoms with Crippen molar-refractivity contribution in [2.75, 3.05) is 38.2 Å². The highest BCUT2D eigenvalue weighted by molar-refractivity contribution is 5.95. The quantitative estimate of drug-likeness (QED) is 0.744. The van der Waals surface area contributed by atoms with Crippen molar-refractivity contribution in [2.24, 2.45) is 5.92 Å². The molecule has 144 valence electrons. The van der Waals surface area contributed by atoms with Gasteiger partial charge in [-0.3, -0.25) is 4.79 Å². The standard InChI is InChI=1S/C20H31N3O3/c1-3-5-6-16(4-2)15-21-20(25)22-18-9-7-17(8-10-18)19(24)23-11-13-26-14-12-23/h7-10,16H,3-6,11-15H2,1-2H3,(H2,21,22,25). The first kappa shape index (κ1) is 20.2. The van der Waals surface area contributed by atoms with Crippen molar-refractivity contribution in [3.8, 4) is 0 Å². The lowest BCUT2D eigenvalue weighted by atomic mass is 9.99. The molecule has 1 atom stereocenters. The number of hydrogen-bond acceptors (Lipinski definition) is 3. The predicted molar refractivity (Wildman–Crippen MR) is 103 cm³/mol. The SMILES string of the molecule is CCCCC(CC)CNC(=O)Nc1ccc(C(=O)N2CCOCC2)cc1. The monoisotopic (exact) mass is 361 g/mol. The minimum Gasteiger partial charge on any atom is -0.378 e. The van der Waals surface area contributed by atoms with E-state index in [4.69, 9.17) is 4.74 Å². The fourth-order valence-electron chi connectivity index (χ4n) is 3.00. The molecule has 0 saturated carbocycles. The fourth-order valence-corrected chi connectivity index (χ4v) is 3.00. The van der Waals surface area contributed by atoms with Crippen molar-refractivity contribution >= 4 is 17.6 Å². The van der Waals surface area contributed by atoms with Gasteiger partial charge in [0, 0.05) is 30.9 Å². The number of hydrogen-bond donors (Lipinski definition) is 2. The summed E-state index contributed by atoms with van der Waals surface area (Å²) in [6.45, 7) is 7.45. The Labute approximate surface area is 156 Å². The average molecular weight is 361 g/mol. The summed E-state index contributed by atoms with van der Waals surface area (Å²) >= 11 is 0. The summed E-state index contributed by atoms with van der Waals surface area (Å²) in [5, 5.41) is 5.77. The topological polar surface area (TPSA) is 70.7 Å². The summed E-state index contributed by atoms with van der Waals surface area (Å²) in [5.74, 6) is 0.528. The largest absolute Gasteiger partial charge is 0.378 e. The van der Waals surface area contributed by atoms with Crippen molar-refractivity contribution in [2.45, 2.75) is 39.5 Å². The third kappa shape index (κ3) is 6.33. The second-order valence-electron chi connectivity index (χ2n) is 6.73. The van der Waals surface area contributed by atoms with Gasteiger partial charge in [-0.25, -0.2) is 4.79 Å². The molecule has 6 heteroatoms. The van der Waals surface area contributed by atoms with Gasteiger partial charge in [0.05, 0.1) is 13.2 Å². The Hall–Kier alpha value is -2.08. The molecular weight excluding hydrogens is 330 g/mol. The molecule has 1 fully saturated rings. The summed E-state index contributed by atoms with van der Waals surface area (Å²) in [4.78, 5) is 26.3. The number of ether oxygens (including phenoxy) is 1. The molecule has 0 aromatic heterocycles. The third-order valence-electron chi connectivity index (χ3n) is 4.78. The van der Waals surface area contributed by atoms with E-state index in [0.717, 1.165) is 12.8 Å². The van der Waals surface area contributed by atoms with Gasteiger partial charge in [-0.15, -0.1) is 0 Å². The molecule has 26 heavy (non-hydrogen) atoms. The number of unbranched alkanes of at least 4 members (excludes halogenated alkanes) is 1. The van der Waals surface area contributed by atoms with E-state index < -0.39 is 0 Å². The second kappa shape index (κ2) is 10.8. The van der Waals surface area contributed by atoms with Gasteiger partial charge in [0.25, 0.3) is 5.91 Å². The van der Waals surface area contributed by atoms with E-state index in [1.807, 2.05) is 0 Å². The summed E-state index contributed by atoms with van der Waals surface area (Å²) in [7, 11) is 0. The molecule has 2 N–H and O–H groups in total. The first-order valence-electron chi connectivity index (χ1n) is 9.66. The van der Waals surface area contributed by atoms with Crippen molar-refractivity contribution in [1.29, 1.82) is 0 Å². The number of benzene rings is 1. The van der Waals surface area contributed by atoms with E-state index in [1.165, 1.54) is 12.8 Å². The molecule has 6 nitrogen and oxygen atoms in total. The fraction of sp³-hybridized carbons (Fsp3) is 0.600. The van der Waals surface area contributed by atoms with E-state index in [0.29, 0.717) is 50.0 Å². The zero-order valence-electron chi connectivity index (χ0n) is 15.9. The van der Waals surface area contributed by atoms with E-state index in [-0.39, 0.29) is 11.9 Å². The number of urea groups is 1. The molecule has 1 unspecified atom stereocenters. The molecular formula is C20H31N3O3. The molecule has 1 aliphatic rings. The number of nitrogens with zero attached hydrogens (tertiary/aromatic N) is 1. The molecule has 1 aromatic rings. The van der Waals surface area contributed by atoms with Crippen molar-refractivity contribution < 1.29 is 14.3 Å². The van der Waals surface area contributed by atoms with Crippen LogP contribution in [0.1, 0.15) is 49.9 Å². The van der Waals surface area contributed by atoms with Crippen LogP contribution in [0.4, 0.5) is 10.5 Å². The number of carbonyl (C=O) groups excluding carboxylic acids is 2. The van der Waals surface area contributed by atoms with Crippen LogP contribution in [0.5, 0.6) is 0 Å².